The van der Waals surface area contributed by atoms with Gasteiger partial charge >= 0.3 is 0 Å². The fraction of sp³-hybridized carbons (Fsp3) is 0.125. The van der Waals surface area contributed by atoms with Crippen molar-refractivity contribution in [1.82, 2.24) is 9.55 Å². The Kier molecular flexibility index (Phi) is 5.50. The largest absolute Gasteiger partial charge is 0.378 e. The number of carbonyl (C=O) groups is 1. The Morgan fingerprint density at radius 3 is 2.43 bits per heavy atom. The van der Waals surface area contributed by atoms with Crippen LogP contribution >= 0.6 is 15.9 Å². The van der Waals surface area contributed by atoms with E-state index in [2.05, 4.69) is 20.9 Å². The van der Waals surface area contributed by atoms with E-state index in [1.807, 2.05) is 72.1 Å². The SMILES string of the molecule is CN(C)c1ccc(C(=O)c2cn(Cc3cccc(Br)n3)c3ccccc3c2=O)cc1. The van der Waals surface area contributed by atoms with Crippen molar-refractivity contribution in [3.63, 3.8) is 0 Å². The first kappa shape index (κ1) is 20.0. The molecule has 0 bridgehead atoms. The summed E-state index contributed by atoms with van der Waals surface area (Å²) < 4.78 is 2.65. The van der Waals surface area contributed by atoms with Crippen molar-refractivity contribution in [2.45, 2.75) is 6.54 Å². The zero-order valence-corrected chi connectivity index (χ0v) is 18.3. The van der Waals surface area contributed by atoms with Crippen LogP contribution in [0.15, 0.2) is 82.3 Å². The van der Waals surface area contributed by atoms with Crippen LogP contribution in [0.5, 0.6) is 0 Å². The predicted molar refractivity (Wildman–Crippen MR) is 123 cm³/mol. The smallest absolute Gasteiger partial charge is 0.200 e. The zero-order valence-electron chi connectivity index (χ0n) is 16.7. The molecule has 0 amide bonds. The van der Waals surface area contributed by atoms with E-state index in [4.69, 9.17) is 0 Å². The van der Waals surface area contributed by atoms with Gasteiger partial charge in [0.05, 0.1) is 23.3 Å². The topological polar surface area (TPSA) is 55.2 Å². The molecule has 0 saturated carbocycles. The maximum atomic E-state index is 13.2. The van der Waals surface area contributed by atoms with Crippen molar-refractivity contribution >= 4 is 38.3 Å². The molecule has 5 nitrogen and oxygen atoms in total. The van der Waals surface area contributed by atoms with Crippen molar-refractivity contribution in [1.29, 1.82) is 0 Å². The zero-order chi connectivity index (χ0) is 21.3. The van der Waals surface area contributed by atoms with Crippen LogP contribution in [0.25, 0.3) is 10.9 Å². The van der Waals surface area contributed by atoms with Gasteiger partial charge in [0.25, 0.3) is 0 Å². The lowest BCUT2D eigenvalue weighted by atomic mass is 10.0. The van der Waals surface area contributed by atoms with E-state index in [-0.39, 0.29) is 16.8 Å². The molecule has 0 aliphatic rings. The first-order valence-electron chi connectivity index (χ1n) is 9.50. The normalized spacial score (nSPS) is 10.9. The third kappa shape index (κ3) is 3.91. The number of hydrogen-bond donors (Lipinski definition) is 0. The summed E-state index contributed by atoms with van der Waals surface area (Å²) >= 11 is 3.39. The number of fused-ring (bicyclic) bond motifs is 1. The fourth-order valence-corrected chi connectivity index (χ4v) is 3.80. The minimum absolute atomic E-state index is 0.154. The third-order valence-corrected chi connectivity index (χ3v) is 5.42. The molecule has 0 spiro atoms. The predicted octanol–water partition coefficient (Wildman–Crippen LogP) is 4.50. The second kappa shape index (κ2) is 8.24. The molecule has 0 fully saturated rings. The Hall–Kier alpha value is -3.25. The van der Waals surface area contributed by atoms with Crippen molar-refractivity contribution in [2.75, 3.05) is 19.0 Å². The molecular weight excluding hydrogens is 442 g/mol. The maximum Gasteiger partial charge on any atom is 0.200 e. The summed E-state index contributed by atoms with van der Waals surface area (Å²) in [7, 11) is 3.88. The number of aromatic nitrogens is 2. The highest BCUT2D eigenvalue weighted by molar-refractivity contribution is 9.10. The number of anilines is 1. The van der Waals surface area contributed by atoms with E-state index >= 15 is 0 Å². The van der Waals surface area contributed by atoms with Crippen LogP contribution in [-0.4, -0.2) is 29.4 Å². The van der Waals surface area contributed by atoms with E-state index in [0.717, 1.165) is 21.5 Å². The monoisotopic (exact) mass is 461 g/mol. The molecule has 0 saturated heterocycles. The standard InChI is InChI=1S/C24H20BrN3O2/c1-27(2)18-12-10-16(11-13-18)23(29)20-15-28(14-17-6-5-9-22(25)26-17)21-8-4-3-7-19(21)24(20)30/h3-13,15H,14H2,1-2H3. The number of pyridine rings is 2. The van der Waals surface area contributed by atoms with Crippen molar-refractivity contribution in [3.8, 4) is 0 Å². The average molecular weight is 462 g/mol. The van der Waals surface area contributed by atoms with Gasteiger partial charge in [-0.2, -0.15) is 0 Å². The molecule has 0 aliphatic heterocycles. The van der Waals surface area contributed by atoms with Crippen molar-refractivity contribution in [3.05, 3.63) is 105 Å². The van der Waals surface area contributed by atoms with Gasteiger partial charge < -0.3 is 9.47 Å². The molecule has 0 aliphatic carbocycles. The highest BCUT2D eigenvalue weighted by atomic mass is 79.9. The summed E-state index contributed by atoms with van der Waals surface area (Å²) in [6, 6.07) is 20.3. The number of para-hydroxylation sites is 1. The summed E-state index contributed by atoms with van der Waals surface area (Å²) in [4.78, 5) is 32.8. The van der Waals surface area contributed by atoms with E-state index in [1.54, 1.807) is 24.4 Å². The molecule has 4 rings (SSSR count). The van der Waals surface area contributed by atoms with Crippen LogP contribution in [0.2, 0.25) is 0 Å². The molecule has 0 atom stereocenters. The lowest BCUT2D eigenvalue weighted by Gasteiger charge is -2.14. The quantitative estimate of drug-likeness (QED) is 0.324. The molecule has 0 N–H and O–H groups in total. The summed E-state index contributed by atoms with van der Waals surface area (Å²) in [6.45, 7) is 0.445. The Balaban J connectivity index is 1.82. The number of nitrogens with zero attached hydrogens (tertiary/aromatic N) is 3. The van der Waals surface area contributed by atoms with Gasteiger partial charge in [-0.05, 0) is 64.5 Å². The van der Waals surface area contributed by atoms with Gasteiger partial charge in [0, 0.05) is 36.9 Å². The number of halogens is 1. The molecule has 2 aromatic heterocycles. The van der Waals surface area contributed by atoms with Gasteiger partial charge in [-0.15, -0.1) is 0 Å². The van der Waals surface area contributed by atoms with Gasteiger partial charge in [0.1, 0.15) is 4.60 Å². The van der Waals surface area contributed by atoms with Crippen LogP contribution in [0.1, 0.15) is 21.6 Å². The van der Waals surface area contributed by atoms with Crippen LogP contribution < -0.4 is 10.3 Å². The van der Waals surface area contributed by atoms with Gasteiger partial charge in [-0.25, -0.2) is 4.98 Å². The summed E-state index contributed by atoms with van der Waals surface area (Å²) in [5.74, 6) is -0.285. The molecule has 0 unspecified atom stereocenters. The Bertz CT molecular complexity index is 1290. The maximum absolute atomic E-state index is 13.2. The molecule has 30 heavy (non-hydrogen) atoms. The van der Waals surface area contributed by atoms with Crippen molar-refractivity contribution in [2.24, 2.45) is 0 Å². The summed E-state index contributed by atoms with van der Waals surface area (Å²) in [6.07, 6.45) is 1.65. The van der Waals surface area contributed by atoms with Crippen LogP contribution in [0.3, 0.4) is 0 Å². The number of ketones is 1. The second-order valence-corrected chi connectivity index (χ2v) is 8.05. The molecule has 0 radical (unpaired) electrons. The Labute approximate surface area is 182 Å². The van der Waals surface area contributed by atoms with E-state index < -0.39 is 0 Å². The first-order valence-corrected chi connectivity index (χ1v) is 10.3. The summed E-state index contributed by atoms with van der Waals surface area (Å²) in [5.41, 5.74) is 2.96. The van der Waals surface area contributed by atoms with Crippen LogP contribution in [-0.2, 0) is 6.54 Å². The fourth-order valence-electron chi connectivity index (χ4n) is 3.42. The first-order chi connectivity index (χ1) is 14.4. The Morgan fingerprint density at radius 2 is 1.73 bits per heavy atom. The molecule has 6 heteroatoms. The van der Waals surface area contributed by atoms with Crippen LogP contribution in [0.4, 0.5) is 5.69 Å². The van der Waals surface area contributed by atoms with E-state index in [9.17, 15) is 9.59 Å². The van der Waals surface area contributed by atoms with E-state index in [0.29, 0.717) is 17.5 Å². The molecule has 150 valence electrons. The lowest BCUT2D eigenvalue weighted by molar-refractivity contribution is 0.103. The highest BCUT2D eigenvalue weighted by Gasteiger charge is 2.17. The van der Waals surface area contributed by atoms with Gasteiger partial charge in [-0.1, -0.05) is 18.2 Å². The molecular formula is C24H20BrN3O2. The number of benzene rings is 2. The lowest BCUT2D eigenvalue weighted by Crippen LogP contribution is -2.20. The van der Waals surface area contributed by atoms with Crippen LogP contribution in [0, 0.1) is 0 Å². The minimum atomic E-state index is -0.285. The van der Waals surface area contributed by atoms with E-state index in [1.165, 1.54) is 0 Å². The molecule has 2 aromatic carbocycles. The highest BCUT2D eigenvalue weighted by Crippen LogP contribution is 2.18. The van der Waals surface area contributed by atoms with Gasteiger partial charge in [0.2, 0.25) is 5.43 Å². The minimum Gasteiger partial charge on any atom is -0.378 e. The average Bonchev–Trinajstić information content (AvgIpc) is 2.75. The Morgan fingerprint density at radius 1 is 1.00 bits per heavy atom. The number of carbonyl (C=O) groups excluding carboxylic acids is 1. The van der Waals surface area contributed by atoms with Gasteiger partial charge in [0.15, 0.2) is 5.78 Å². The number of rotatable bonds is 5. The second-order valence-electron chi connectivity index (χ2n) is 7.24. The number of hydrogen-bond acceptors (Lipinski definition) is 4. The molecule has 2 heterocycles. The van der Waals surface area contributed by atoms with Gasteiger partial charge in [-0.3, -0.25) is 9.59 Å². The van der Waals surface area contributed by atoms with Crippen molar-refractivity contribution < 1.29 is 4.79 Å². The summed E-state index contributed by atoms with van der Waals surface area (Å²) in [5, 5.41) is 0.517. The third-order valence-electron chi connectivity index (χ3n) is 4.98. The molecule has 4 aromatic rings.